The third kappa shape index (κ3) is 4.02. The van der Waals surface area contributed by atoms with Crippen LogP contribution < -0.4 is 5.32 Å². The molecule has 120 valence electrons. The van der Waals surface area contributed by atoms with Crippen LogP contribution in [0.1, 0.15) is 16.8 Å². The molecule has 1 aromatic heterocycles. The van der Waals surface area contributed by atoms with E-state index in [1.165, 1.54) is 7.11 Å². The fourth-order valence-corrected chi connectivity index (χ4v) is 2.65. The molecule has 0 saturated carbocycles. The Morgan fingerprint density at radius 2 is 2.18 bits per heavy atom. The smallest absolute Gasteiger partial charge is 0.253 e. The van der Waals surface area contributed by atoms with Crippen LogP contribution in [0.15, 0.2) is 24.5 Å². The number of hydrogen-bond donors (Lipinski definition) is 2. The van der Waals surface area contributed by atoms with Crippen LogP contribution in [0.4, 0.5) is 0 Å². The number of pyridine rings is 1. The number of amides is 2. The largest absolute Gasteiger partial charge is 0.396 e. The van der Waals surface area contributed by atoms with Crippen LogP contribution in [0.2, 0.25) is 0 Å². The Bertz CT molecular complexity index is 509. The average Bonchev–Trinajstić information content (AvgIpc) is 2.55. The molecule has 1 aliphatic rings. The first-order chi connectivity index (χ1) is 10.7. The highest BCUT2D eigenvalue weighted by Gasteiger charge is 2.32. The number of aliphatic hydroxyl groups excluding tert-OH is 1. The quantitative estimate of drug-likeness (QED) is 0.777. The summed E-state index contributed by atoms with van der Waals surface area (Å²) in [6.07, 6.45) is 3.76. The molecule has 2 heterocycles. The van der Waals surface area contributed by atoms with Crippen molar-refractivity contribution in [2.45, 2.75) is 12.5 Å². The van der Waals surface area contributed by atoms with Gasteiger partial charge >= 0.3 is 0 Å². The number of ether oxygens (including phenoxy) is 1. The fraction of sp³-hybridized carbons (Fsp3) is 0.533. The first-order valence-electron chi connectivity index (χ1n) is 7.24. The predicted molar refractivity (Wildman–Crippen MR) is 79.1 cm³/mol. The molecule has 2 amide bonds. The Morgan fingerprint density at radius 1 is 1.45 bits per heavy atom. The summed E-state index contributed by atoms with van der Waals surface area (Å²) in [5, 5.41) is 12.4. The van der Waals surface area contributed by atoms with Crippen molar-refractivity contribution >= 4 is 11.8 Å². The number of hydrogen-bond acceptors (Lipinski definition) is 5. The number of carbonyl (C=O) groups excluding carboxylic acids is 2. The van der Waals surface area contributed by atoms with E-state index in [2.05, 4.69) is 10.3 Å². The van der Waals surface area contributed by atoms with E-state index in [1.54, 1.807) is 29.4 Å². The maximum Gasteiger partial charge on any atom is 0.253 e. The van der Waals surface area contributed by atoms with Gasteiger partial charge in [-0.1, -0.05) is 0 Å². The molecule has 1 aromatic rings. The van der Waals surface area contributed by atoms with Gasteiger partial charge < -0.3 is 20.1 Å². The van der Waals surface area contributed by atoms with E-state index in [1.807, 2.05) is 0 Å². The molecule has 0 spiro atoms. The lowest BCUT2D eigenvalue weighted by atomic mass is 9.92. The lowest BCUT2D eigenvalue weighted by molar-refractivity contribution is -0.126. The minimum atomic E-state index is -0.208. The highest BCUT2D eigenvalue weighted by atomic mass is 16.5. The second-order valence-corrected chi connectivity index (χ2v) is 5.33. The lowest BCUT2D eigenvalue weighted by Crippen LogP contribution is -2.54. The topological polar surface area (TPSA) is 91.8 Å². The van der Waals surface area contributed by atoms with Crippen molar-refractivity contribution < 1.29 is 19.4 Å². The van der Waals surface area contributed by atoms with Crippen LogP contribution in [0.25, 0.3) is 0 Å². The number of piperidine rings is 1. The van der Waals surface area contributed by atoms with Crippen LogP contribution in [0.3, 0.4) is 0 Å². The Morgan fingerprint density at radius 3 is 2.82 bits per heavy atom. The highest BCUT2D eigenvalue weighted by Crippen LogP contribution is 2.19. The minimum Gasteiger partial charge on any atom is -0.396 e. The number of nitrogens with zero attached hydrogens (tertiary/aromatic N) is 2. The van der Waals surface area contributed by atoms with E-state index in [9.17, 15) is 14.7 Å². The van der Waals surface area contributed by atoms with Crippen LogP contribution >= 0.6 is 0 Å². The molecule has 2 atom stereocenters. The van der Waals surface area contributed by atoms with E-state index in [0.29, 0.717) is 25.1 Å². The average molecular weight is 307 g/mol. The molecule has 2 rings (SSSR count). The Hall–Kier alpha value is -1.99. The number of likely N-dealkylation sites (tertiary alicyclic amines) is 1. The number of methoxy groups -OCH3 is 1. The molecular weight excluding hydrogens is 286 g/mol. The molecule has 1 saturated heterocycles. The van der Waals surface area contributed by atoms with Crippen molar-refractivity contribution in [3.8, 4) is 0 Å². The number of carbonyl (C=O) groups is 2. The summed E-state index contributed by atoms with van der Waals surface area (Å²) in [5.74, 6) is -0.470. The second-order valence-electron chi connectivity index (χ2n) is 5.33. The van der Waals surface area contributed by atoms with Crippen molar-refractivity contribution in [3.63, 3.8) is 0 Å². The molecule has 0 aliphatic carbocycles. The van der Waals surface area contributed by atoms with Crippen molar-refractivity contribution in [1.82, 2.24) is 15.2 Å². The first kappa shape index (κ1) is 16.4. The van der Waals surface area contributed by atoms with Crippen LogP contribution in [-0.2, 0) is 9.53 Å². The van der Waals surface area contributed by atoms with Gasteiger partial charge in [0.2, 0.25) is 5.91 Å². The fourth-order valence-electron chi connectivity index (χ4n) is 2.65. The zero-order valence-electron chi connectivity index (χ0n) is 12.6. The molecule has 0 aromatic carbocycles. The summed E-state index contributed by atoms with van der Waals surface area (Å²) in [6.45, 7) is 0.859. The van der Waals surface area contributed by atoms with Gasteiger partial charge in [0.15, 0.2) is 0 Å². The third-order valence-corrected chi connectivity index (χ3v) is 3.80. The van der Waals surface area contributed by atoms with Crippen LogP contribution in [0.5, 0.6) is 0 Å². The van der Waals surface area contributed by atoms with Crippen LogP contribution in [0, 0.1) is 5.92 Å². The van der Waals surface area contributed by atoms with Gasteiger partial charge in [0.1, 0.15) is 6.61 Å². The highest BCUT2D eigenvalue weighted by molar-refractivity contribution is 5.94. The Kier molecular flexibility index (Phi) is 5.85. The zero-order chi connectivity index (χ0) is 15.9. The summed E-state index contributed by atoms with van der Waals surface area (Å²) in [4.78, 5) is 29.6. The van der Waals surface area contributed by atoms with Crippen molar-refractivity contribution in [2.24, 2.45) is 5.92 Å². The molecule has 22 heavy (non-hydrogen) atoms. The zero-order valence-corrected chi connectivity index (χ0v) is 12.6. The Labute approximate surface area is 129 Å². The van der Waals surface area contributed by atoms with Crippen molar-refractivity contribution in [1.29, 1.82) is 0 Å². The van der Waals surface area contributed by atoms with Gasteiger partial charge in [0, 0.05) is 56.7 Å². The van der Waals surface area contributed by atoms with E-state index in [4.69, 9.17) is 4.74 Å². The van der Waals surface area contributed by atoms with E-state index < -0.39 is 0 Å². The molecule has 7 nitrogen and oxygen atoms in total. The summed E-state index contributed by atoms with van der Waals surface area (Å²) in [6, 6.07) is 3.19. The van der Waals surface area contributed by atoms with Gasteiger partial charge in [0.05, 0.1) is 0 Å². The van der Waals surface area contributed by atoms with Gasteiger partial charge in [-0.3, -0.25) is 14.6 Å². The van der Waals surface area contributed by atoms with E-state index >= 15 is 0 Å². The number of rotatable bonds is 5. The maximum atomic E-state index is 12.4. The molecule has 0 bridgehead atoms. The Balaban J connectivity index is 1.97. The number of nitrogens with one attached hydrogen (secondary N) is 1. The number of aromatic nitrogens is 1. The van der Waals surface area contributed by atoms with Gasteiger partial charge in [-0.15, -0.1) is 0 Å². The van der Waals surface area contributed by atoms with Gasteiger partial charge in [-0.25, -0.2) is 0 Å². The molecular formula is C15H21N3O4. The molecule has 7 heteroatoms. The minimum absolute atomic E-state index is 0.00565. The molecule has 1 aliphatic heterocycles. The molecule has 0 radical (unpaired) electrons. The van der Waals surface area contributed by atoms with Crippen LogP contribution in [-0.4, -0.2) is 66.3 Å². The monoisotopic (exact) mass is 307 g/mol. The van der Waals surface area contributed by atoms with E-state index in [-0.39, 0.29) is 37.0 Å². The summed E-state index contributed by atoms with van der Waals surface area (Å²) in [7, 11) is 1.46. The van der Waals surface area contributed by atoms with E-state index in [0.717, 1.165) is 0 Å². The molecule has 1 fully saturated rings. The van der Waals surface area contributed by atoms with Gasteiger partial charge in [0.25, 0.3) is 5.91 Å². The normalized spacial score (nSPS) is 21.5. The standard InChI is InChI=1S/C15H21N3O4/c1-22-10-14(20)17-13-4-7-18(8-12(13)9-19)15(21)11-2-5-16-6-3-11/h2-3,5-6,12-13,19H,4,7-10H2,1H3,(H,17,20)/t12-,13-/m1/s1. The van der Waals surface area contributed by atoms with Crippen molar-refractivity contribution in [2.75, 3.05) is 33.4 Å². The predicted octanol–water partition coefficient (Wildman–Crippen LogP) is -0.333. The van der Waals surface area contributed by atoms with Gasteiger partial charge in [-0.2, -0.15) is 0 Å². The number of aliphatic hydroxyl groups is 1. The first-order valence-corrected chi connectivity index (χ1v) is 7.24. The summed E-state index contributed by atoms with van der Waals surface area (Å²) in [5.41, 5.74) is 0.577. The lowest BCUT2D eigenvalue weighted by Gasteiger charge is -2.38. The summed E-state index contributed by atoms with van der Waals surface area (Å²) < 4.78 is 4.79. The SMILES string of the molecule is COCC(=O)N[C@@H]1CCN(C(=O)c2ccncc2)C[C@@H]1CO. The second kappa shape index (κ2) is 7.86. The van der Waals surface area contributed by atoms with Gasteiger partial charge in [-0.05, 0) is 18.6 Å². The molecule has 2 N–H and O–H groups in total. The maximum absolute atomic E-state index is 12.4. The molecule has 0 unspecified atom stereocenters. The van der Waals surface area contributed by atoms with Crippen molar-refractivity contribution in [3.05, 3.63) is 30.1 Å². The third-order valence-electron chi connectivity index (χ3n) is 3.80. The summed E-state index contributed by atoms with van der Waals surface area (Å²) >= 11 is 0.